The average molecular weight is 276 g/mol. The van der Waals surface area contributed by atoms with Crippen LogP contribution in [0.3, 0.4) is 0 Å². The van der Waals surface area contributed by atoms with Crippen LogP contribution in [0.5, 0.6) is 0 Å². The van der Waals surface area contributed by atoms with E-state index in [1.54, 1.807) is 6.07 Å². The van der Waals surface area contributed by atoms with Crippen molar-refractivity contribution in [3.05, 3.63) is 29.6 Å². The predicted molar refractivity (Wildman–Crippen MR) is 81.7 cm³/mol. The minimum Gasteiger partial charge on any atom is -0.369 e. The van der Waals surface area contributed by atoms with Crippen molar-refractivity contribution in [2.75, 3.05) is 38.1 Å². The molecule has 2 aliphatic heterocycles. The number of nitrogens with zero attached hydrogens (tertiary/aromatic N) is 2. The monoisotopic (exact) mass is 276 g/mol. The summed E-state index contributed by atoms with van der Waals surface area (Å²) in [7, 11) is 2.21. The lowest BCUT2D eigenvalue weighted by Gasteiger charge is -2.46. The van der Waals surface area contributed by atoms with Crippen molar-refractivity contribution < 1.29 is 4.39 Å². The first-order chi connectivity index (χ1) is 9.58. The Kier molecular flexibility index (Phi) is 3.72. The Morgan fingerprint density at radius 2 is 1.60 bits per heavy atom. The third-order valence-electron chi connectivity index (χ3n) is 5.32. The number of benzene rings is 1. The van der Waals surface area contributed by atoms with Crippen LogP contribution in [-0.4, -0.2) is 38.1 Å². The zero-order chi connectivity index (χ0) is 14.2. The molecular formula is C17H25FN2. The molecular weight excluding hydrogens is 251 g/mol. The van der Waals surface area contributed by atoms with Gasteiger partial charge in [0.25, 0.3) is 0 Å². The first-order valence-electron chi connectivity index (χ1n) is 7.78. The maximum Gasteiger partial charge on any atom is 0.146 e. The number of hydrogen-bond acceptors (Lipinski definition) is 2. The molecule has 0 radical (unpaired) electrons. The third-order valence-corrected chi connectivity index (χ3v) is 5.32. The van der Waals surface area contributed by atoms with Gasteiger partial charge in [-0.25, -0.2) is 4.39 Å². The van der Waals surface area contributed by atoms with Crippen LogP contribution in [0.4, 0.5) is 10.1 Å². The van der Waals surface area contributed by atoms with Gasteiger partial charge in [0.2, 0.25) is 0 Å². The van der Waals surface area contributed by atoms with Crippen LogP contribution in [0.2, 0.25) is 0 Å². The van der Waals surface area contributed by atoms with Gasteiger partial charge in [0.05, 0.1) is 5.69 Å². The number of aryl methyl sites for hydroxylation is 1. The number of likely N-dealkylation sites (tertiary alicyclic amines) is 1. The fourth-order valence-corrected chi connectivity index (χ4v) is 3.68. The van der Waals surface area contributed by atoms with Crippen molar-refractivity contribution in [2.45, 2.75) is 32.6 Å². The highest BCUT2D eigenvalue weighted by molar-refractivity contribution is 5.49. The van der Waals surface area contributed by atoms with Crippen molar-refractivity contribution in [1.82, 2.24) is 4.90 Å². The molecule has 2 saturated heterocycles. The Morgan fingerprint density at radius 3 is 2.20 bits per heavy atom. The Hall–Kier alpha value is -1.09. The molecule has 20 heavy (non-hydrogen) atoms. The van der Waals surface area contributed by atoms with Crippen molar-refractivity contribution >= 4 is 5.69 Å². The van der Waals surface area contributed by atoms with E-state index < -0.39 is 0 Å². The van der Waals surface area contributed by atoms with E-state index in [0.717, 1.165) is 24.3 Å². The summed E-state index contributed by atoms with van der Waals surface area (Å²) in [4.78, 5) is 4.66. The molecule has 1 aromatic rings. The average Bonchev–Trinajstić information content (AvgIpc) is 2.44. The Morgan fingerprint density at radius 1 is 1.00 bits per heavy atom. The molecule has 0 N–H and O–H groups in total. The molecule has 1 aromatic carbocycles. The van der Waals surface area contributed by atoms with Crippen LogP contribution in [0, 0.1) is 18.2 Å². The van der Waals surface area contributed by atoms with E-state index in [4.69, 9.17) is 0 Å². The number of piperidine rings is 2. The summed E-state index contributed by atoms with van der Waals surface area (Å²) in [5, 5.41) is 0. The van der Waals surface area contributed by atoms with Gasteiger partial charge < -0.3 is 9.80 Å². The van der Waals surface area contributed by atoms with Crippen LogP contribution >= 0.6 is 0 Å². The van der Waals surface area contributed by atoms with Gasteiger partial charge in [-0.2, -0.15) is 0 Å². The van der Waals surface area contributed by atoms with Crippen LogP contribution in [0.25, 0.3) is 0 Å². The number of anilines is 1. The molecule has 0 atom stereocenters. The highest BCUT2D eigenvalue weighted by Gasteiger charge is 2.37. The second-order valence-corrected chi connectivity index (χ2v) is 6.75. The first-order valence-corrected chi connectivity index (χ1v) is 7.78. The minimum absolute atomic E-state index is 0.0654. The summed E-state index contributed by atoms with van der Waals surface area (Å²) < 4.78 is 14.1. The molecule has 1 spiro atoms. The molecule has 0 aromatic heterocycles. The summed E-state index contributed by atoms with van der Waals surface area (Å²) in [6, 6.07) is 5.60. The van der Waals surface area contributed by atoms with Gasteiger partial charge in [-0.15, -0.1) is 0 Å². The molecule has 110 valence electrons. The highest BCUT2D eigenvalue weighted by Crippen LogP contribution is 2.42. The van der Waals surface area contributed by atoms with E-state index in [0.29, 0.717) is 5.41 Å². The molecule has 2 fully saturated rings. The van der Waals surface area contributed by atoms with Crippen molar-refractivity contribution in [2.24, 2.45) is 5.41 Å². The standard InChI is InChI=1S/C17H25FN2/c1-14-3-4-16(15(18)13-14)20-11-7-17(8-12-20)5-9-19(2)10-6-17/h3-4,13H,5-12H2,1-2H3. The lowest BCUT2D eigenvalue weighted by molar-refractivity contribution is 0.0943. The minimum atomic E-state index is -0.0654. The smallest absolute Gasteiger partial charge is 0.146 e. The Labute approximate surface area is 121 Å². The van der Waals surface area contributed by atoms with E-state index in [1.807, 2.05) is 19.1 Å². The molecule has 2 nitrogen and oxygen atoms in total. The number of halogens is 1. The van der Waals surface area contributed by atoms with Gasteiger partial charge in [0, 0.05) is 13.1 Å². The zero-order valence-electron chi connectivity index (χ0n) is 12.7. The summed E-state index contributed by atoms with van der Waals surface area (Å²) in [6.45, 7) is 6.39. The molecule has 0 unspecified atom stereocenters. The number of hydrogen-bond donors (Lipinski definition) is 0. The second kappa shape index (κ2) is 5.36. The molecule has 0 amide bonds. The summed E-state index contributed by atoms with van der Waals surface area (Å²) in [6.07, 6.45) is 5.06. The molecule has 3 heteroatoms. The van der Waals surface area contributed by atoms with E-state index in [1.165, 1.54) is 38.8 Å². The second-order valence-electron chi connectivity index (χ2n) is 6.75. The van der Waals surface area contributed by atoms with Crippen LogP contribution in [0.1, 0.15) is 31.2 Å². The third kappa shape index (κ3) is 2.69. The molecule has 0 bridgehead atoms. The normalized spacial score (nSPS) is 23.2. The van der Waals surface area contributed by atoms with Crippen LogP contribution in [0.15, 0.2) is 18.2 Å². The molecule has 2 aliphatic rings. The lowest BCUT2D eigenvalue weighted by atomic mass is 9.71. The Balaban J connectivity index is 1.66. The van der Waals surface area contributed by atoms with Crippen molar-refractivity contribution in [3.8, 4) is 0 Å². The fourth-order valence-electron chi connectivity index (χ4n) is 3.68. The molecule has 2 heterocycles. The van der Waals surface area contributed by atoms with Crippen molar-refractivity contribution in [1.29, 1.82) is 0 Å². The van der Waals surface area contributed by atoms with Crippen LogP contribution < -0.4 is 4.90 Å². The highest BCUT2D eigenvalue weighted by atomic mass is 19.1. The summed E-state index contributed by atoms with van der Waals surface area (Å²) >= 11 is 0. The van der Waals surface area contributed by atoms with Crippen molar-refractivity contribution in [3.63, 3.8) is 0 Å². The van der Waals surface area contributed by atoms with Gasteiger partial charge in [0.1, 0.15) is 5.82 Å². The molecule has 0 aliphatic carbocycles. The van der Waals surface area contributed by atoms with Gasteiger partial charge in [-0.1, -0.05) is 6.07 Å². The Bertz CT molecular complexity index is 468. The maximum absolute atomic E-state index is 14.1. The van der Waals surface area contributed by atoms with E-state index in [2.05, 4.69) is 16.8 Å². The van der Waals surface area contributed by atoms with Gasteiger partial charge in [-0.05, 0) is 75.9 Å². The lowest BCUT2D eigenvalue weighted by Crippen LogP contribution is -2.46. The molecule has 3 rings (SSSR count). The molecule has 0 saturated carbocycles. The first kappa shape index (κ1) is 13.9. The fraction of sp³-hybridized carbons (Fsp3) is 0.647. The largest absolute Gasteiger partial charge is 0.369 e. The van der Waals surface area contributed by atoms with Gasteiger partial charge in [0.15, 0.2) is 0 Å². The SMILES string of the molecule is Cc1ccc(N2CCC3(CCN(C)CC3)CC2)c(F)c1. The number of rotatable bonds is 1. The van der Waals surface area contributed by atoms with Gasteiger partial charge in [-0.3, -0.25) is 0 Å². The predicted octanol–water partition coefficient (Wildman–Crippen LogP) is 3.45. The quantitative estimate of drug-likeness (QED) is 0.775. The zero-order valence-corrected chi connectivity index (χ0v) is 12.7. The van der Waals surface area contributed by atoms with E-state index >= 15 is 0 Å². The summed E-state index contributed by atoms with van der Waals surface area (Å²) in [5.74, 6) is -0.0654. The van der Waals surface area contributed by atoms with Gasteiger partial charge >= 0.3 is 0 Å². The van der Waals surface area contributed by atoms with E-state index in [-0.39, 0.29) is 5.82 Å². The maximum atomic E-state index is 14.1. The van der Waals surface area contributed by atoms with E-state index in [9.17, 15) is 4.39 Å². The van der Waals surface area contributed by atoms with Crippen LogP contribution in [-0.2, 0) is 0 Å². The summed E-state index contributed by atoms with van der Waals surface area (Å²) in [5.41, 5.74) is 2.32. The topological polar surface area (TPSA) is 6.48 Å².